The Bertz CT molecular complexity index is 557. The number of anilines is 1. The smallest absolute Gasteiger partial charge is 0.193 e. The molecule has 3 rings (SSSR count). The summed E-state index contributed by atoms with van der Waals surface area (Å²) >= 11 is 0. The Labute approximate surface area is 125 Å². The minimum Gasteiger partial charge on any atom is -0.387 e. The molecule has 1 saturated heterocycles. The molecule has 1 aliphatic heterocycles. The molecule has 0 spiro atoms. The number of hydrogen-bond donors (Lipinski definition) is 3. The van der Waals surface area contributed by atoms with Crippen molar-refractivity contribution < 1.29 is 5.11 Å². The van der Waals surface area contributed by atoms with Gasteiger partial charge in [-0.05, 0) is 56.0 Å². The van der Waals surface area contributed by atoms with Crippen molar-refractivity contribution in [1.29, 1.82) is 0 Å². The number of nitrogens with one attached hydrogen (secondary N) is 1. The number of likely N-dealkylation sites (tertiary alicyclic amines) is 1. The first kappa shape index (κ1) is 14.4. The summed E-state index contributed by atoms with van der Waals surface area (Å²) in [5.74, 6) is 0.371. The van der Waals surface area contributed by atoms with Crippen LogP contribution in [0.3, 0.4) is 0 Å². The number of nitrogens with zero attached hydrogens (tertiary/aromatic N) is 2. The zero-order chi connectivity index (χ0) is 14.9. The van der Waals surface area contributed by atoms with E-state index in [0.717, 1.165) is 25.1 Å². The lowest BCUT2D eigenvalue weighted by Crippen LogP contribution is -2.36. The predicted molar refractivity (Wildman–Crippen MR) is 85.6 cm³/mol. The van der Waals surface area contributed by atoms with Crippen LogP contribution in [0.5, 0.6) is 0 Å². The Hall–Kier alpha value is -1.59. The molecule has 1 aromatic carbocycles. The van der Waals surface area contributed by atoms with Crippen LogP contribution in [-0.2, 0) is 12.8 Å². The van der Waals surface area contributed by atoms with Crippen LogP contribution in [0.2, 0.25) is 0 Å². The molecule has 1 unspecified atom stereocenters. The Balaban J connectivity index is 1.61. The first-order valence-electron chi connectivity index (χ1n) is 7.64. The van der Waals surface area contributed by atoms with Crippen molar-refractivity contribution >= 4 is 11.6 Å². The number of aliphatic imine (C=N–C) groups is 1. The first-order chi connectivity index (χ1) is 10.0. The van der Waals surface area contributed by atoms with E-state index >= 15 is 0 Å². The highest BCUT2D eigenvalue weighted by Crippen LogP contribution is 2.25. The molecular formula is C16H24N4O. The number of guanidine groups is 1. The fourth-order valence-electron chi connectivity index (χ4n) is 3.26. The second-order valence-electron chi connectivity index (χ2n) is 6.38. The van der Waals surface area contributed by atoms with Gasteiger partial charge in [-0.25, -0.2) is 0 Å². The van der Waals surface area contributed by atoms with Gasteiger partial charge in [0.15, 0.2) is 5.96 Å². The molecule has 2 aliphatic rings. The zero-order valence-electron chi connectivity index (χ0n) is 12.6. The van der Waals surface area contributed by atoms with E-state index in [1.54, 1.807) is 0 Å². The lowest BCUT2D eigenvalue weighted by molar-refractivity contribution is 0.0615. The van der Waals surface area contributed by atoms with Crippen LogP contribution >= 0.6 is 0 Å². The second kappa shape index (κ2) is 5.66. The third-order valence-corrected chi connectivity index (χ3v) is 4.44. The number of likely N-dealkylation sites (N-methyl/N-ethyl adjacent to an activating group) is 1. The van der Waals surface area contributed by atoms with Crippen LogP contribution in [0, 0.1) is 0 Å². The average molecular weight is 288 g/mol. The van der Waals surface area contributed by atoms with Gasteiger partial charge in [-0.3, -0.25) is 4.99 Å². The topological polar surface area (TPSA) is 73.9 Å². The number of nitrogens with two attached hydrogens (primary N) is 1. The number of β-amino-alcohol motifs (C(OH)–C–C–N with tert-alkyl or cyclic N) is 1. The van der Waals surface area contributed by atoms with Crippen molar-refractivity contribution in [2.75, 3.05) is 32.0 Å². The van der Waals surface area contributed by atoms with Gasteiger partial charge in [0.1, 0.15) is 0 Å². The molecule has 0 amide bonds. The minimum absolute atomic E-state index is 0.348. The SMILES string of the molecule is CN1CCC(O)(CN=C(N)Nc2ccc3c(c2)CCC3)C1. The van der Waals surface area contributed by atoms with Crippen molar-refractivity contribution in [2.24, 2.45) is 10.7 Å². The summed E-state index contributed by atoms with van der Waals surface area (Å²) in [6, 6.07) is 6.37. The summed E-state index contributed by atoms with van der Waals surface area (Å²) in [6.45, 7) is 1.91. The predicted octanol–water partition coefficient (Wildman–Crippen LogP) is 0.968. The number of fused-ring (bicyclic) bond motifs is 1. The van der Waals surface area contributed by atoms with Gasteiger partial charge < -0.3 is 21.1 Å². The summed E-state index contributed by atoms with van der Waals surface area (Å²) in [7, 11) is 2.01. The molecule has 1 heterocycles. The largest absolute Gasteiger partial charge is 0.387 e. The molecule has 0 bridgehead atoms. The van der Waals surface area contributed by atoms with Crippen LogP contribution in [-0.4, -0.2) is 48.2 Å². The standard InChI is InChI=1S/C16H24N4O/c1-20-8-7-16(21,11-20)10-18-15(17)19-14-6-5-12-3-2-4-13(12)9-14/h5-6,9,21H,2-4,7-8,10-11H2,1H3,(H3,17,18,19). The maximum absolute atomic E-state index is 10.4. The Morgan fingerprint density at radius 3 is 3.00 bits per heavy atom. The fraction of sp³-hybridized carbons (Fsp3) is 0.562. The number of benzene rings is 1. The molecular weight excluding hydrogens is 264 g/mol. The van der Waals surface area contributed by atoms with Crippen LogP contribution in [0.15, 0.2) is 23.2 Å². The average Bonchev–Trinajstić information content (AvgIpc) is 3.03. The van der Waals surface area contributed by atoms with Gasteiger partial charge in [0.2, 0.25) is 0 Å². The molecule has 0 aromatic heterocycles. The van der Waals surface area contributed by atoms with E-state index in [-0.39, 0.29) is 0 Å². The second-order valence-corrected chi connectivity index (χ2v) is 6.38. The van der Waals surface area contributed by atoms with Crippen LogP contribution in [0.25, 0.3) is 0 Å². The molecule has 1 atom stereocenters. The Kier molecular flexibility index (Phi) is 3.87. The van der Waals surface area contributed by atoms with E-state index in [1.807, 2.05) is 13.1 Å². The van der Waals surface area contributed by atoms with E-state index in [9.17, 15) is 5.11 Å². The van der Waals surface area contributed by atoms with Crippen molar-refractivity contribution in [3.05, 3.63) is 29.3 Å². The van der Waals surface area contributed by atoms with Gasteiger partial charge in [0.05, 0.1) is 12.1 Å². The van der Waals surface area contributed by atoms with Gasteiger partial charge in [-0.1, -0.05) is 6.07 Å². The molecule has 1 aliphatic carbocycles. The van der Waals surface area contributed by atoms with Gasteiger partial charge in [0.25, 0.3) is 0 Å². The molecule has 21 heavy (non-hydrogen) atoms. The third kappa shape index (κ3) is 3.36. The molecule has 114 valence electrons. The zero-order valence-corrected chi connectivity index (χ0v) is 12.6. The van der Waals surface area contributed by atoms with E-state index in [1.165, 1.54) is 24.0 Å². The van der Waals surface area contributed by atoms with Crippen LogP contribution < -0.4 is 11.1 Å². The third-order valence-electron chi connectivity index (χ3n) is 4.44. The molecule has 5 nitrogen and oxygen atoms in total. The number of aryl methyl sites for hydroxylation is 2. The normalized spacial score (nSPS) is 26.1. The van der Waals surface area contributed by atoms with Crippen molar-refractivity contribution in [2.45, 2.75) is 31.3 Å². The van der Waals surface area contributed by atoms with Crippen molar-refractivity contribution in [3.63, 3.8) is 0 Å². The van der Waals surface area contributed by atoms with Crippen LogP contribution in [0.4, 0.5) is 5.69 Å². The van der Waals surface area contributed by atoms with Gasteiger partial charge in [0, 0.05) is 18.8 Å². The maximum Gasteiger partial charge on any atom is 0.193 e. The molecule has 4 N–H and O–H groups in total. The summed E-state index contributed by atoms with van der Waals surface area (Å²) in [5, 5.41) is 13.5. The lowest BCUT2D eigenvalue weighted by atomic mass is 10.0. The van der Waals surface area contributed by atoms with Crippen molar-refractivity contribution in [1.82, 2.24) is 4.90 Å². The number of rotatable bonds is 3. The van der Waals surface area contributed by atoms with Gasteiger partial charge >= 0.3 is 0 Å². The quantitative estimate of drug-likeness (QED) is 0.572. The Morgan fingerprint density at radius 2 is 2.24 bits per heavy atom. The van der Waals surface area contributed by atoms with Gasteiger partial charge in [-0.15, -0.1) is 0 Å². The molecule has 5 heteroatoms. The highest BCUT2D eigenvalue weighted by atomic mass is 16.3. The van der Waals surface area contributed by atoms with E-state index in [0.29, 0.717) is 19.0 Å². The molecule has 0 radical (unpaired) electrons. The van der Waals surface area contributed by atoms with Gasteiger partial charge in [-0.2, -0.15) is 0 Å². The summed E-state index contributed by atoms with van der Waals surface area (Å²) in [6.07, 6.45) is 4.32. The maximum atomic E-state index is 10.4. The summed E-state index contributed by atoms with van der Waals surface area (Å²) in [4.78, 5) is 6.42. The van der Waals surface area contributed by atoms with E-state index in [4.69, 9.17) is 5.73 Å². The highest BCUT2D eigenvalue weighted by molar-refractivity contribution is 5.92. The molecule has 0 saturated carbocycles. The first-order valence-corrected chi connectivity index (χ1v) is 7.64. The summed E-state index contributed by atoms with van der Waals surface area (Å²) in [5.41, 5.74) is 9.03. The van der Waals surface area contributed by atoms with E-state index in [2.05, 4.69) is 27.3 Å². The Morgan fingerprint density at radius 1 is 1.43 bits per heavy atom. The minimum atomic E-state index is -0.737. The molecule has 1 fully saturated rings. The number of hydrogen-bond acceptors (Lipinski definition) is 3. The fourth-order valence-corrected chi connectivity index (χ4v) is 3.26. The highest BCUT2D eigenvalue weighted by Gasteiger charge is 2.34. The van der Waals surface area contributed by atoms with Crippen molar-refractivity contribution in [3.8, 4) is 0 Å². The summed E-state index contributed by atoms with van der Waals surface area (Å²) < 4.78 is 0. The van der Waals surface area contributed by atoms with E-state index < -0.39 is 5.60 Å². The number of aliphatic hydroxyl groups is 1. The molecule has 1 aromatic rings. The van der Waals surface area contributed by atoms with Crippen LogP contribution in [0.1, 0.15) is 24.0 Å². The monoisotopic (exact) mass is 288 g/mol. The lowest BCUT2D eigenvalue weighted by Gasteiger charge is -2.20.